The van der Waals surface area contributed by atoms with Gasteiger partial charge in [-0.15, -0.1) is 0 Å². The molecular weight excluding hydrogens is 230 g/mol. The van der Waals surface area contributed by atoms with Crippen molar-refractivity contribution in [1.29, 1.82) is 0 Å². The highest BCUT2D eigenvalue weighted by molar-refractivity contribution is 5.59. The van der Waals surface area contributed by atoms with Crippen LogP contribution >= 0.6 is 0 Å². The van der Waals surface area contributed by atoms with Crippen LogP contribution in [0.25, 0.3) is 6.08 Å². The maximum absolute atomic E-state index is 3.86. The second-order valence-corrected chi connectivity index (χ2v) is 5.58. The third-order valence-electron chi connectivity index (χ3n) is 3.54. The Morgan fingerprint density at radius 2 is 1.74 bits per heavy atom. The fourth-order valence-corrected chi connectivity index (χ4v) is 2.53. The summed E-state index contributed by atoms with van der Waals surface area (Å²) in [5.41, 5.74) is 5.21. The molecule has 0 saturated carbocycles. The SMILES string of the molecule is C=Cc1ccc(C)c([N+](C)(C)Cc2ccccc2)c1. The van der Waals surface area contributed by atoms with Crippen molar-refractivity contribution in [3.05, 3.63) is 71.8 Å². The average molecular weight is 252 g/mol. The molecule has 0 amide bonds. The van der Waals surface area contributed by atoms with E-state index in [1.165, 1.54) is 22.4 Å². The number of quaternary nitrogens is 1. The Hall–Kier alpha value is -1.86. The van der Waals surface area contributed by atoms with Crippen molar-refractivity contribution in [3.63, 3.8) is 0 Å². The largest absolute Gasteiger partial charge is 0.292 e. The fraction of sp³-hybridized carbons (Fsp3) is 0.222. The maximum Gasteiger partial charge on any atom is 0.136 e. The molecule has 0 spiro atoms. The van der Waals surface area contributed by atoms with Crippen LogP contribution in [0.2, 0.25) is 0 Å². The average Bonchev–Trinajstić information content (AvgIpc) is 2.39. The van der Waals surface area contributed by atoms with Crippen LogP contribution in [0, 0.1) is 6.92 Å². The van der Waals surface area contributed by atoms with Gasteiger partial charge in [-0.05, 0) is 12.5 Å². The van der Waals surface area contributed by atoms with Crippen molar-refractivity contribution < 1.29 is 0 Å². The van der Waals surface area contributed by atoms with Gasteiger partial charge in [-0.1, -0.05) is 55.1 Å². The van der Waals surface area contributed by atoms with E-state index in [4.69, 9.17) is 0 Å². The molecule has 1 nitrogen and oxygen atoms in total. The zero-order valence-corrected chi connectivity index (χ0v) is 12.1. The van der Waals surface area contributed by atoms with E-state index in [1.807, 2.05) is 6.08 Å². The van der Waals surface area contributed by atoms with Crippen molar-refractivity contribution in [1.82, 2.24) is 4.48 Å². The van der Waals surface area contributed by atoms with Gasteiger partial charge in [0.2, 0.25) is 0 Å². The molecule has 0 unspecified atom stereocenters. The van der Waals surface area contributed by atoms with Gasteiger partial charge < -0.3 is 0 Å². The molecule has 0 fully saturated rings. The molecule has 0 heterocycles. The van der Waals surface area contributed by atoms with Crippen LogP contribution in [0.3, 0.4) is 0 Å². The molecule has 2 rings (SSSR count). The minimum Gasteiger partial charge on any atom is -0.292 e. The van der Waals surface area contributed by atoms with E-state index >= 15 is 0 Å². The lowest BCUT2D eigenvalue weighted by Gasteiger charge is -2.31. The zero-order valence-electron chi connectivity index (χ0n) is 12.1. The van der Waals surface area contributed by atoms with Gasteiger partial charge in [-0.2, -0.15) is 0 Å². The summed E-state index contributed by atoms with van der Waals surface area (Å²) in [6.45, 7) is 7.02. The minimum atomic E-state index is 0.845. The van der Waals surface area contributed by atoms with Crippen molar-refractivity contribution in [2.24, 2.45) is 0 Å². The van der Waals surface area contributed by atoms with Gasteiger partial charge in [0, 0.05) is 17.2 Å². The minimum absolute atomic E-state index is 0.845. The Balaban J connectivity index is 2.36. The summed E-state index contributed by atoms with van der Waals surface area (Å²) in [4.78, 5) is 0. The summed E-state index contributed by atoms with van der Waals surface area (Å²) in [6, 6.07) is 17.2. The van der Waals surface area contributed by atoms with E-state index in [2.05, 4.69) is 76.1 Å². The summed E-state index contributed by atoms with van der Waals surface area (Å²) in [6.07, 6.45) is 1.91. The molecule has 2 aromatic rings. The van der Waals surface area contributed by atoms with Gasteiger partial charge in [0.05, 0.1) is 14.1 Å². The van der Waals surface area contributed by atoms with Crippen LogP contribution < -0.4 is 4.48 Å². The third-order valence-corrected chi connectivity index (χ3v) is 3.54. The smallest absolute Gasteiger partial charge is 0.136 e. The number of rotatable bonds is 4. The summed E-state index contributed by atoms with van der Waals surface area (Å²) in [7, 11) is 4.50. The quantitative estimate of drug-likeness (QED) is 0.707. The van der Waals surface area contributed by atoms with Crippen LogP contribution in [0.15, 0.2) is 55.1 Å². The molecule has 0 saturated heterocycles. The van der Waals surface area contributed by atoms with Crippen molar-refractivity contribution in [3.8, 4) is 0 Å². The topological polar surface area (TPSA) is 0 Å². The second kappa shape index (κ2) is 5.41. The van der Waals surface area contributed by atoms with E-state index in [9.17, 15) is 0 Å². The normalized spacial score (nSPS) is 11.3. The van der Waals surface area contributed by atoms with E-state index < -0.39 is 0 Å². The van der Waals surface area contributed by atoms with E-state index in [1.54, 1.807) is 0 Å². The Kier molecular flexibility index (Phi) is 3.87. The Bertz CT molecular complexity index is 567. The monoisotopic (exact) mass is 252 g/mol. The van der Waals surface area contributed by atoms with Crippen LogP contribution in [0.4, 0.5) is 5.69 Å². The predicted octanol–water partition coefficient (Wildman–Crippen LogP) is 4.41. The first-order valence-electron chi connectivity index (χ1n) is 6.63. The highest BCUT2D eigenvalue weighted by Crippen LogP contribution is 2.27. The van der Waals surface area contributed by atoms with Gasteiger partial charge in [0.25, 0.3) is 0 Å². The summed E-state index contributed by atoms with van der Waals surface area (Å²) >= 11 is 0. The van der Waals surface area contributed by atoms with Gasteiger partial charge in [0.1, 0.15) is 12.2 Å². The highest BCUT2D eigenvalue weighted by atomic mass is 15.3. The first-order chi connectivity index (χ1) is 9.03. The molecular formula is C18H22N+. The molecule has 0 bridgehead atoms. The molecule has 98 valence electrons. The van der Waals surface area contributed by atoms with Gasteiger partial charge in [-0.25, -0.2) is 0 Å². The first-order valence-corrected chi connectivity index (χ1v) is 6.63. The van der Waals surface area contributed by atoms with Crippen LogP contribution in [0.5, 0.6) is 0 Å². The molecule has 1 heteroatoms. The number of hydrogen-bond donors (Lipinski definition) is 0. The van der Waals surface area contributed by atoms with E-state index in [0.717, 1.165) is 11.0 Å². The lowest BCUT2D eigenvalue weighted by Crippen LogP contribution is -2.40. The lowest BCUT2D eigenvalue weighted by molar-refractivity contribution is 0.390. The predicted molar refractivity (Wildman–Crippen MR) is 85.1 cm³/mol. The number of aryl methyl sites for hydroxylation is 1. The van der Waals surface area contributed by atoms with Gasteiger partial charge in [-0.3, -0.25) is 4.48 Å². The summed E-state index contributed by atoms with van der Waals surface area (Å²) in [5.74, 6) is 0. The number of benzene rings is 2. The lowest BCUT2D eigenvalue weighted by atomic mass is 10.1. The standard InChI is InChI=1S/C18H22N/c1-5-16-12-11-15(2)18(13-16)19(3,4)14-17-9-7-6-8-10-17/h5-13H,1,14H2,2-4H3/q+1. The van der Waals surface area contributed by atoms with Crippen molar-refractivity contribution in [2.75, 3.05) is 14.1 Å². The van der Waals surface area contributed by atoms with Crippen molar-refractivity contribution >= 4 is 11.8 Å². The van der Waals surface area contributed by atoms with Gasteiger partial charge in [0.15, 0.2) is 0 Å². The Morgan fingerprint density at radius 1 is 1.05 bits per heavy atom. The maximum atomic E-state index is 3.86. The molecule has 0 aromatic heterocycles. The van der Waals surface area contributed by atoms with Crippen molar-refractivity contribution in [2.45, 2.75) is 13.5 Å². The molecule has 0 aliphatic carbocycles. The summed E-state index contributed by atoms with van der Waals surface area (Å²) in [5, 5.41) is 0. The fourth-order valence-electron chi connectivity index (χ4n) is 2.53. The molecule has 0 atom stereocenters. The third kappa shape index (κ3) is 3.12. The summed E-state index contributed by atoms with van der Waals surface area (Å²) < 4.78 is 0.845. The molecule has 19 heavy (non-hydrogen) atoms. The number of hydrogen-bond acceptors (Lipinski definition) is 0. The molecule has 0 aliphatic heterocycles. The van der Waals surface area contributed by atoms with E-state index in [-0.39, 0.29) is 0 Å². The molecule has 0 N–H and O–H groups in total. The zero-order chi connectivity index (χ0) is 13.9. The van der Waals surface area contributed by atoms with Crippen LogP contribution in [-0.4, -0.2) is 14.1 Å². The molecule has 0 aliphatic rings. The molecule has 0 radical (unpaired) electrons. The Morgan fingerprint density at radius 3 is 2.37 bits per heavy atom. The van der Waals surface area contributed by atoms with Gasteiger partial charge >= 0.3 is 0 Å². The first kappa shape index (κ1) is 13.6. The van der Waals surface area contributed by atoms with E-state index in [0.29, 0.717) is 0 Å². The number of nitrogens with zero attached hydrogens (tertiary/aromatic N) is 1. The van der Waals surface area contributed by atoms with Crippen LogP contribution in [-0.2, 0) is 6.54 Å². The second-order valence-electron chi connectivity index (χ2n) is 5.58. The van der Waals surface area contributed by atoms with Crippen LogP contribution in [0.1, 0.15) is 16.7 Å². The molecule has 2 aromatic carbocycles. The highest BCUT2D eigenvalue weighted by Gasteiger charge is 2.22. The Labute approximate surface area is 116 Å².